The molecule has 82 valence electrons. The maximum Gasteiger partial charge on any atom is 0.303 e. The summed E-state index contributed by atoms with van der Waals surface area (Å²) in [7, 11) is 1.74. The SMILES string of the molecule is CCC(CC)N(C)C(=O)CCC(=O)O. The highest BCUT2D eigenvalue weighted by Crippen LogP contribution is 2.08. The van der Waals surface area contributed by atoms with Crippen LogP contribution in [0.4, 0.5) is 0 Å². The summed E-state index contributed by atoms with van der Waals surface area (Å²) in [6.45, 7) is 4.05. The van der Waals surface area contributed by atoms with Crippen LogP contribution in [-0.4, -0.2) is 35.0 Å². The normalized spacial score (nSPS) is 10.3. The predicted molar refractivity (Wildman–Crippen MR) is 54.0 cm³/mol. The summed E-state index contributed by atoms with van der Waals surface area (Å²) >= 11 is 0. The first kappa shape index (κ1) is 12.9. The third-order valence-corrected chi connectivity index (χ3v) is 2.44. The van der Waals surface area contributed by atoms with E-state index in [4.69, 9.17) is 5.11 Å². The van der Waals surface area contributed by atoms with Crippen molar-refractivity contribution in [2.24, 2.45) is 0 Å². The van der Waals surface area contributed by atoms with Gasteiger partial charge < -0.3 is 10.0 Å². The van der Waals surface area contributed by atoms with Gasteiger partial charge in [0.15, 0.2) is 0 Å². The maximum atomic E-state index is 11.5. The number of rotatable bonds is 6. The van der Waals surface area contributed by atoms with Crippen LogP contribution in [0.15, 0.2) is 0 Å². The molecule has 14 heavy (non-hydrogen) atoms. The van der Waals surface area contributed by atoms with Gasteiger partial charge in [-0.3, -0.25) is 9.59 Å². The van der Waals surface area contributed by atoms with E-state index in [0.717, 1.165) is 12.8 Å². The van der Waals surface area contributed by atoms with Crippen molar-refractivity contribution in [3.63, 3.8) is 0 Å². The Morgan fingerprint density at radius 1 is 1.21 bits per heavy atom. The van der Waals surface area contributed by atoms with Crippen LogP contribution in [0.2, 0.25) is 0 Å². The van der Waals surface area contributed by atoms with E-state index in [2.05, 4.69) is 0 Å². The van der Waals surface area contributed by atoms with E-state index in [1.807, 2.05) is 13.8 Å². The van der Waals surface area contributed by atoms with E-state index in [1.54, 1.807) is 11.9 Å². The summed E-state index contributed by atoms with van der Waals surface area (Å²) in [4.78, 5) is 23.4. The molecule has 0 aliphatic carbocycles. The average molecular weight is 201 g/mol. The van der Waals surface area contributed by atoms with Gasteiger partial charge in [0, 0.05) is 19.5 Å². The van der Waals surface area contributed by atoms with Crippen molar-refractivity contribution in [1.82, 2.24) is 4.90 Å². The molecule has 0 aromatic rings. The molecule has 0 spiro atoms. The monoisotopic (exact) mass is 201 g/mol. The molecule has 0 unspecified atom stereocenters. The van der Waals surface area contributed by atoms with Gasteiger partial charge in [-0.15, -0.1) is 0 Å². The minimum atomic E-state index is -0.920. The van der Waals surface area contributed by atoms with Crippen molar-refractivity contribution in [3.05, 3.63) is 0 Å². The number of amides is 1. The molecule has 1 amide bonds. The Morgan fingerprint density at radius 2 is 1.71 bits per heavy atom. The summed E-state index contributed by atoms with van der Waals surface area (Å²) in [6.07, 6.45) is 1.84. The second kappa shape index (κ2) is 6.40. The Kier molecular flexibility index (Phi) is 5.92. The molecule has 0 aliphatic heterocycles. The fourth-order valence-corrected chi connectivity index (χ4v) is 1.43. The van der Waals surface area contributed by atoms with Gasteiger partial charge in [-0.2, -0.15) is 0 Å². The van der Waals surface area contributed by atoms with Crippen LogP contribution in [0, 0.1) is 0 Å². The van der Waals surface area contributed by atoms with E-state index in [-0.39, 0.29) is 24.8 Å². The Bertz CT molecular complexity index is 200. The van der Waals surface area contributed by atoms with Crippen molar-refractivity contribution in [2.75, 3.05) is 7.05 Å². The van der Waals surface area contributed by atoms with Crippen LogP contribution >= 0.6 is 0 Å². The molecule has 0 bridgehead atoms. The Hall–Kier alpha value is -1.06. The van der Waals surface area contributed by atoms with Crippen LogP contribution in [0.3, 0.4) is 0 Å². The first-order valence-corrected chi connectivity index (χ1v) is 5.00. The van der Waals surface area contributed by atoms with E-state index in [9.17, 15) is 9.59 Å². The average Bonchev–Trinajstić information content (AvgIpc) is 2.15. The minimum Gasteiger partial charge on any atom is -0.481 e. The lowest BCUT2D eigenvalue weighted by Gasteiger charge is -2.26. The summed E-state index contributed by atoms with van der Waals surface area (Å²) < 4.78 is 0. The quantitative estimate of drug-likeness (QED) is 0.708. The van der Waals surface area contributed by atoms with E-state index in [0.29, 0.717) is 0 Å². The molecule has 0 atom stereocenters. The highest BCUT2D eigenvalue weighted by Gasteiger charge is 2.16. The zero-order chi connectivity index (χ0) is 11.1. The number of aliphatic carboxylic acids is 1. The van der Waals surface area contributed by atoms with Gasteiger partial charge in [0.05, 0.1) is 6.42 Å². The number of carbonyl (C=O) groups is 2. The van der Waals surface area contributed by atoms with Gasteiger partial charge in [0.2, 0.25) is 5.91 Å². The molecule has 0 heterocycles. The Morgan fingerprint density at radius 3 is 2.07 bits per heavy atom. The summed E-state index contributed by atoms with van der Waals surface area (Å²) in [6, 6.07) is 0.233. The van der Waals surface area contributed by atoms with Crippen LogP contribution in [-0.2, 0) is 9.59 Å². The van der Waals surface area contributed by atoms with Crippen molar-refractivity contribution in [1.29, 1.82) is 0 Å². The number of hydrogen-bond donors (Lipinski definition) is 1. The largest absolute Gasteiger partial charge is 0.481 e. The molecule has 0 radical (unpaired) electrons. The first-order valence-electron chi connectivity index (χ1n) is 5.00. The highest BCUT2D eigenvalue weighted by atomic mass is 16.4. The van der Waals surface area contributed by atoms with Crippen molar-refractivity contribution in [3.8, 4) is 0 Å². The van der Waals surface area contributed by atoms with Crippen molar-refractivity contribution in [2.45, 2.75) is 45.6 Å². The lowest BCUT2D eigenvalue weighted by Crippen LogP contribution is -2.36. The number of carbonyl (C=O) groups excluding carboxylic acids is 1. The van der Waals surface area contributed by atoms with Gasteiger partial charge in [-0.25, -0.2) is 0 Å². The molecular formula is C10H19NO3. The van der Waals surface area contributed by atoms with Crippen LogP contribution < -0.4 is 0 Å². The molecule has 0 aromatic carbocycles. The second-order valence-corrected chi connectivity index (χ2v) is 3.37. The number of carboxylic acids is 1. The molecule has 0 rings (SSSR count). The zero-order valence-electron chi connectivity index (χ0n) is 9.12. The molecule has 4 heteroatoms. The third-order valence-electron chi connectivity index (χ3n) is 2.44. The number of nitrogens with zero attached hydrogens (tertiary/aromatic N) is 1. The Balaban J connectivity index is 4.03. The molecule has 1 N–H and O–H groups in total. The van der Waals surface area contributed by atoms with Crippen LogP contribution in [0.1, 0.15) is 39.5 Å². The molecule has 4 nitrogen and oxygen atoms in total. The van der Waals surface area contributed by atoms with Crippen molar-refractivity contribution < 1.29 is 14.7 Å². The number of carboxylic acid groups (broad SMARTS) is 1. The molecule has 0 fully saturated rings. The van der Waals surface area contributed by atoms with Crippen molar-refractivity contribution >= 4 is 11.9 Å². The van der Waals surface area contributed by atoms with Gasteiger partial charge in [-0.05, 0) is 12.8 Å². The molecule has 0 saturated heterocycles. The first-order chi connectivity index (χ1) is 6.52. The van der Waals surface area contributed by atoms with Crippen LogP contribution in [0.5, 0.6) is 0 Å². The smallest absolute Gasteiger partial charge is 0.303 e. The lowest BCUT2D eigenvalue weighted by molar-refractivity contribution is -0.141. The molecule has 0 aliphatic rings. The van der Waals surface area contributed by atoms with E-state index < -0.39 is 5.97 Å². The van der Waals surface area contributed by atoms with E-state index in [1.165, 1.54) is 0 Å². The fraction of sp³-hybridized carbons (Fsp3) is 0.800. The van der Waals surface area contributed by atoms with Crippen LogP contribution in [0.25, 0.3) is 0 Å². The van der Waals surface area contributed by atoms with Gasteiger partial charge >= 0.3 is 5.97 Å². The maximum absolute atomic E-state index is 11.5. The summed E-state index contributed by atoms with van der Waals surface area (Å²) in [5.41, 5.74) is 0. The summed E-state index contributed by atoms with van der Waals surface area (Å²) in [5, 5.41) is 8.43. The molecule has 0 aromatic heterocycles. The zero-order valence-corrected chi connectivity index (χ0v) is 9.12. The predicted octanol–water partition coefficient (Wildman–Crippen LogP) is 1.50. The summed E-state index contributed by atoms with van der Waals surface area (Å²) in [5.74, 6) is -1.00. The third kappa shape index (κ3) is 4.25. The van der Waals surface area contributed by atoms with Gasteiger partial charge in [0.25, 0.3) is 0 Å². The standard InChI is InChI=1S/C10H19NO3/c1-4-8(5-2)11(3)9(12)6-7-10(13)14/h8H,4-7H2,1-3H3,(H,13,14). The second-order valence-electron chi connectivity index (χ2n) is 3.37. The fourth-order valence-electron chi connectivity index (χ4n) is 1.43. The molecular weight excluding hydrogens is 182 g/mol. The number of hydrogen-bond acceptors (Lipinski definition) is 2. The lowest BCUT2D eigenvalue weighted by atomic mass is 10.1. The Labute approximate surface area is 84.9 Å². The molecule has 0 saturated carbocycles. The van der Waals surface area contributed by atoms with Gasteiger partial charge in [-0.1, -0.05) is 13.8 Å². The van der Waals surface area contributed by atoms with E-state index >= 15 is 0 Å². The topological polar surface area (TPSA) is 57.6 Å². The highest BCUT2D eigenvalue weighted by molar-refractivity contribution is 5.80. The minimum absolute atomic E-state index is 0.0800. The van der Waals surface area contributed by atoms with Gasteiger partial charge in [0.1, 0.15) is 0 Å².